The first-order valence-corrected chi connectivity index (χ1v) is 13.7. The molecule has 0 aliphatic heterocycles. The Morgan fingerprint density at radius 1 is 0.650 bits per heavy atom. The Morgan fingerprint density at radius 3 is 1.35 bits per heavy atom. The first-order chi connectivity index (χ1) is 19.4. The molecule has 0 radical (unpaired) electrons. The van der Waals surface area contributed by atoms with Crippen LogP contribution in [-0.4, -0.2) is 44.1 Å². The lowest BCUT2D eigenvalue weighted by atomic mass is 9.93. The fraction of sp³-hybridized carbons (Fsp3) is 0.500. The summed E-state index contributed by atoms with van der Waals surface area (Å²) in [4.78, 5) is 49.2. The molecule has 0 saturated heterocycles. The third-order valence-electron chi connectivity index (χ3n) is 7.53. The minimum Gasteiger partial charge on any atom is -0.443 e. The summed E-state index contributed by atoms with van der Waals surface area (Å²) in [5, 5.41) is 25.6. The van der Waals surface area contributed by atoms with Crippen molar-refractivity contribution in [2.75, 3.05) is 0 Å². The number of hydrogen-bond acceptors (Lipinski definition) is 8. The topological polar surface area (TPSA) is 145 Å². The molecule has 2 amide bonds. The Labute approximate surface area is 232 Å². The summed E-state index contributed by atoms with van der Waals surface area (Å²) in [5.41, 5.74) is 0.167. The Bertz CT molecular complexity index is 1120. The Kier molecular flexibility index (Phi) is 9.87. The zero-order valence-electron chi connectivity index (χ0n) is 22.3. The standard InChI is InChI=1S/C28H34N4O8/c33-27(39-19-21-11-7-9-17-25(21)31(35)36)29(23-13-3-1-4-14-23)30(24-15-5-2-6-16-24)28(34)40-20-22-12-8-10-18-26(22)32(37)38/h7-12,17-18,23-24H,1-6,13-16,19-20H2. The molecular formula is C28H34N4O8. The van der Waals surface area contributed by atoms with E-state index < -0.39 is 22.0 Å². The largest absolute Gasteiger partial charge is 0.443 e. The number of nitro groups is 2. The van der Waals surface area contributed by atoms with E-state index in [2.05, 4.69) is 0 Å². The van der Waals surface area contributed by atoms with Gasteiger partial charge in [0.15, 0.2) is 0 Å². The lowest BCUT2D eigenvalue weighted by Crippen LogP contribution is -2.59. The van der Waals surface area contributed by atoms with E-state index in [1.54, 1.807) is 12.1 Å². The third kappa shape index (κ3) is 7.04. The molecule has 2 aromatic carbocycles. The molecule has 12 nitrogen and oxygen atoms in total. The molecular weight excluding hydrogens is 520 g/mol. The average Bonchev–Trinajstić information content (AvgIpc) is 2.98. The summed E-state index contributed by atoms with van der Waals surface area (Å²) in [7, 11) is 0. The van der Waals surface area contributed by atoms with Gasteiger partial charge in [0.2, 0.25) is 0 Å². The molecule has 214 valence electrons. The van der Waals surface area contributed by atoms with Crippen molar-refractivity contribution in [3.63, 3.8) is 0 Å². The predicted molar refractivity (Wildman–Crippen MR) is 144 cm³/mol. The van der Waals surface area contributed by atoms with E-state index in [-0.39, 0.29) is 47.8 Å². The van der Waals surface area contributed by atoms with Crippen molar-refractivity contribution in [3.05, 3.63) is 79.9 Å². The van der Waals surface area contributed by atoms with E-state index in [4.69, 9.17) is 9.47 Å². The first-order valence-electron chi connectivity index (χ1n) is 13.7. The molecule has 2 aliphatic carbocycles. The van der Waals surface area contributed by atoms with Crippen LogP contribution in [0.3, 0.4) is 0 Å². The minimum atomic E-state index is -0.779. The van der Waals surface area contributed by atoms with Gasteiger partial charge >= 0.3 is 12.2 Å². The normalized spacial score (nSPS) is 16.1. The second-order valence-electron chi connectivity index (χ2n) is 10.2. The number of carbonyl (C=O) groups is 2. The maximum Gasteiger partial charge on any atom is 0.429 e. The monoisotopic (exact) mass is 554 g/mol. The van der Waals surface area contributed by atoms with E-state index in [0.29, 0.717) is 25.7 Å². The fourth-order valence-corrected chi connectivity index (χ4v) is 5.51. The molecule has 40 heavy (non-hydrogen) atoms. The Morgan fingerprint density at radius 2 is 1.00 bits per heavy atom. The zero-order valence-corrected chi connectivity index (χ0v) is 22.3. The maximum atomic E-state index is 13.7. The SMILES string of the molecule is O=C(OCc1ccccc1[N+](=O)[O-])N(C1CCCCC1)N(C(=O)OCc1ccccc1[N+](=O)[O-])C1CCCCC1. The van der Waals surface area contributed by atoms with Crippen LogP contribution in [0.2, 0.25) is 0 Å². The van der Waals surface area contributed by atoms with Gasteiger partial charge in [-0.1, -0.05) is 62.8 Å². The molecule has 2 aromatic rings. The highest BCUT2D eigenvalue weighted by Gasteiger charge is 2.40. The average molecular weight is 555 g/mol. The number of hydrogen-bond donors (Lipinski definition) is 0. The van der Waals surface area contributed by atoms with E-state index in [1.165, 1.54) is 46.4 Å². The van der Waals surface area contributed by atoms with Crippen LogP contribution in [0.1, 0.15) is 75.3 Å². The van der Waals surface area contributed by atoms with Gasteiger partial charge in [-0.05, 0) is 37.8 Å². The first kappa shape index (κ1) is 28.8. The summed E-state index contributed by atoms with van der Waals surface area (Å²) in [6, 6.07) is 11.4. The number of carbonyl (C=O) groups excluding carboxylic acids is 2. The highest BCUT2D eigenvalue weighted by atomic mass is 16.6. The number of rotatable bonds is 8. The number of ether oxygens (including phenoxy) is 2. The van der Waals surface area contributed by atoms with Crippen molar-refractivity contribution in [1.82, 2.24) is 10.0 Å². The van der Waals surface area contributed by atoms with E-state index in [9.17, 15) is 29.8 Å². The predicted octanol–water partition coefficient (Wildman–Crippen LogP) is 6.66. The molecule has 0 atom stereocenters. The van der Waals surface area contributed by atoms with Crippen molar-refractivity contribution in [2.24, 2.45) is 0 Å². The Hall–Kier alpha value is -4.22. The van der Waals surface area contributed by atoms with Gasteiger partial charge in [0.1, 0.15) is 13.2 Å². The highest BCUT2D eigenvalue weighted by molar-refractivity contribution is 5.75. The number of nitro benzene ring substituents is 2. The molecule has 0 unspecified atom stereocenters. The van der Waals surface area contributed by atoms with Crippen molar-refractivity contribution in [1.29, 1.82) is 0 Å². The minimum absolute atomic E-state index is 0.160. The van der Waals surface area contributed by atoms with Crippen LogP contribution < -0.4 is 0 Å². The van der Waals surface area contributed by atoms with Crippen LogP contribution in [0.5, 0.6) is 0 Å². The van der Waals surface area contributed by atoms with Crippen LogP contribution in [0.25, 0.3) is 0 Å². The molecule has 0 heterocycles. The van der Waals surface area contributed by atoms with Crippen molar-refractivity contribution < 1.29 is 28.9 Å². The number of nitrogens with zero attached hydrogens (tertiary/aromatic N) is 4. The van der Waals surface area contributed by atoms with E-state index in [0.717, 1.165) is 38.5 Å². The number of benzene rings is 2. The van der Waals surface area contributed by atoms with Gasteiger partial charge in [-0.15, -0.1) is 0 Å². The molecule has 2 aliphatic rings. The lowest BCUT2D eigenvalue weighted by molar-refractivity contribution is -0.386. The van der Waals surface area contributed by atoms with Crippen LogP contribution in [-0.2, 0) is 22.7 Å². The smallest absolute Gasteiger partial charge is 0.429 e. The maximum absolute atomic E-state index is 13.7. The highest BCUT2D eigenvalue weighted by Crippen LogP contribution is 2.31. The summed E-state index contributed by atoms with van der Waals surface area (Å²) >= 11 is 0. The van der Waals surface area contributed by atoms with Crippen molar-refractivity contribution >= 4 is 23.6 Å². The molecule has 12 heteroatoms. The third-order valence-corrected chi connectivity index (χ3v) is 7.53. The van der Waals surface area contributed by atoms with Gasteiger partial charge in [0, 0.05) is 12.1 Å². The van der Waals surface area contributed by atoms with E-state index in [1.807, 2.05) is 0 Å². The molecule has 2 saturated carbocycles. The lowest BCUT2D eigenvalue weighted by Gasteiger charge is -2.44. The van der Waals surface area contributed by atoms with Crippen LogP contribution in [0.4, 0.5) is 21.0 Å². The molecule has 0 bridgehead atoms. The number of para-hydroxylation sites is 2. The Balaban J connectivity index is 1.60. The van der Waals surface area contributed by atoms with Gasteiger partial charge in [0.05, 0.1) is 33.1 Å². The summed E-state index contributed by atoms with van der Waals surface area (Å²) in [6.07, 6.45) is 6.65. The molecule has 0 N–H and O–H groups in total. The van der Waals surface area contributed by atoms with Gasteiger partial charge < -0.3 is 9.47 Å². The zero-order chi connectivity index (χ0) is 28.5. The van der Waals surface area contributed by atoms with Gasteiger partial charge in [-0.25, -0.2) is 19.6 Å². The second kappa shape index (κ2) is 13.7. The van der Waals surface area contributed by atoms with E-state index >= 15 is 0 Å². The summed E-state index contributed by atoms with van der Waals surface area (Å²) in [5.74, 6) is 0. The molecule has 0 aromatic heterocycles. The fourth-order valence-electron chi connectivity index (χ4n) is 5.51. The van der Waals surface area contributed by atoms with Crippen molar-refractivity contribution in [3.8, 4) is 0 Å². The molecule has 2 fully saturated rings. The van der Waals surface area contributed by atoms with Crippen LogP contribution >= 0.6 is 0 Å². The van der Waals surface area contributed by atoms with Gasteiger partial charge in [-0.2, -0.15) is 0 Å². The number of hydrazine groups is 1. The molecule has 0 spiro atoms. The van der Waals surface area contributed by atoms with Crippen LogP contribution in [0, 0.1) is 20.2 Å². The summed E-state index contributed by atoms with van der Waals surface area (Å²) in [6.45, 7) is -0.661. The summed E-state index contributed by atoms with van der Waals surface area (Å²) < 4.78 is 11.2. The molecule has 4 rings (SSSR count). The van der Waals surface area contributed by atoms with Gasteiger partial charge in [-0.3, -0.25) is 20.2 Å². The quantitative estimate of drug-likeness (QED) is 0.260. The van der Waals surface area contributed by atoms with Crippen molar-refractivity contribution in [2.45, 2.75) is 89.5 Å². The number of amides is 2. The second-order valence-corrected chi connectivity index (χ2v) is 10.2. The van der Waals surface area contributed by atoms with Crippen LogP contribution in [0.15, 0.2) is 48.5 Å². The van der Waals surface area contributed by atoms with Gasteiger partial charge in [0.25, 0.3) is 11.4 Å².